The van der Waals surface area contributed by atoms with Crippen molar-refractivity contribution in [3.63, 3.8) is 0 Å². The van der Waals surface area contributed by atoms with Gasteiger partial charge in [0.25, 0.3) is 0 Å². The van der Waals surface area contributed by atoms with E-state index >= 15 is 0 Å². The highest BCUT2D eigenvalue weighted by Crippen LogP contribution is 2.18. The van der Waals surface area contributed by atoms with Crippen LogP contribution in [0.25, 0.3) is 0 Å². The van der Waals surface area contributed by atoms with Crippen molar-refractivity contribution < 1.29 is 9.53 Å². The number of hydrogen-bond acceptors (Lipinski definition) is 4. The van der Waals surface area contributed by atoms with Crippen molar-refractivity contribution in [3.05, 3.63) is 71.8 Å². The van der Waals surface area contributed by atoms with Gasteiger partial charge in [-0.3, -0.25) is 14.6 Å². The number of esters is 1. The Kier molecular flexibility index (Phi) is 6.81. The summed E-state index contributed by atoms with van der Waals surface area (Å²) < 4.78 is 5.36. The molecule has 138 valence electrons. The highest BCUT2D eigenvalue weighted by Gasteiger charge is 2.30. The molecule has 1 heterocycles. The predicted octanol–water partition coefficient (Wildman–Crippen LogP) is 3.33. The first kappa shape index (κ1) is 18.6. The van der Waals surface area contributed by atoms with E-state index in [0.717, 1.165) is 39.1 Å². The van der Waals surface area contributed by atoms with E-state index in [0.29, 0.717) is 6.61 Å². The third-order valence-electron chi connectivity index (χ3n) is 4.90. The number of hydrogen-bond donors (Lipinski definition) is 0. The second-order valence-corrected chi connectivity index (χ2v) is 6.77. The van der Waals surface area contributed by atoms with Crippen molar-refractivity contribution in [2.45, 2.75) is 32.5 Å². The molecule has 1 aliphatic rings. The van der Waals surface area contributed by atoms with Crippen molar-refractivity contribution >= 4 is 5.97 Å². The molecule has 0 N–H and O–H groups in total. The summed E-state index contributed by atoms with van der Waals surface area (Å²) >= 11 is 0. The molecule has 0 saturated carbocycles. The fourth-order valence-corrected chi connectivity index (χ4v) is 3.54. The second kappa shape index (κ2) is 9.51. The van der Waals surface area contributed by atoms with Crippen LogP contribution in [0.15, 0.2) is 60.7 Å². The van der Waals surface area contributed by atoms with Crippen LogP contribution in [0.4, 0.5) is 0 Å². The van der Waals surface area contributed by atoms with Crippen LogP contribution in [0.5, 0.6) is 0 Å². The molecule has 1 atom stereocenters. The van der Waals surface area contributed by atoms with E-state index in [1.54, 1.807) is 0 Å². The van der Waals surface area contributed by atoms with Crippen LogP contribution in [-0.4, -0.2) is 48.1 Å². The topological polar surface area (TPSA) is 32.8 Å². The van der Waals surface area contributed by atoms with Gasteiger partial charge in [0.15, 0.2) is 0 Å². The van der Waals surface area contributed by atoms with Gasteiger partial charge in [-0.2, -0.15) is 0 Å². The first-order valence-electron chi connectivity index (χ1n) is 9.47. The van der Waals surface area contributed by atoms with Gasteiger partial charge >= 0.3 is 5.97 Å². The van der Waals surface area contributed by atoms with E-state index in [9.17, 15) is 4.79 Å². The van der Waals surface area contributed by atoms with E-state index in [2.05, 4.69) is 46.2 Å². The Labute approximate surface area is 156 Å². The van der Waals surface area contributed by atoms with Gasteiger partial charge in [0.05, 0.1) is 6.61 Å². The maximum atomic E-state index is 12.5. The number of benzene rings is 2. The minimum absolute atomic E-state index is 0.0926. The number of rotatable bonds is 6. The number of nitrogens with zero attached hydrogens (tertiary/aromatic N) is 2. The third kappa shape index (κ3) is 5.16. The highest BCUT2D eigenvalue weighted by atomic mass is 16.5. The van der Waals surface area contributed by atoms with Crippen LogP contribution in [0.3, 0.4) is 0 Å². The van der Waals surface area contributed by atoms with E-state index in [-0.39, 0.29) is 12.0 Å². The number of carbonyl (C=O) groups excluding carboxylic acids is 1. The molecule has 0 amide bonds. The van der Waals surface area contributed by atoms with Gasteiger partial charge in [-0.1, -0.05) is 60.7 Å². The van der Waals surface area contributed by atoms with Gasteiger partial charge in [-0.15, -0.1) is 0 Å². The average molecular weight is 352 g/mol. The second-order valence-electron chi connectivity index (χ2n) is 6.77. The zero-order valence-electron chi connectivity index (χ0n) is 15.5. The van der Waals surface area contributed by atoms with Crippen LogP contribution >= 0.6 is 0 Å². The third-order valence-corrected chi connectivity index (χ3v) is 4.90. The van der Waals surface area contributed by atoms with Gasteiger partial charge < -0.3 is 4.74 Å². The Balaban J connectivity index is 1.69. The quantitative estimate of drug-likeness (QED) is 0.747. The molecule has 1 aliphatic heterocycles. The first-order valence-corrected chi connectivity index (χ1v) is 9.47. The average Bonchev–Trinajstić information content (AvgIpc) is 2.86. The zero-order chi connectivity index (χ0) is 18.2. The van der Waals surface area contributed by atoms with Crippen LogP contribution in [0.1, 0.15) is 24.5 Å². The van der Waals surface area contributed by atoms with E-state index < -0.39 is 0 Å². The normalized spacial score (nSPS) is 19.0. The summed E-state index contributed by atoms with van der Waals surface area (Å²) in [6.45, 7) is 6.74. The minimum Gasteiger partial charge on any atom is -0.465 e. The standard InChI is InChI=1S/C22H28N2O2/c1-2-26-22(25)21-13-14-23(17-19-9-5-3-6-10-19)15-16-24(21)18-20-11-7-4-8-12-20/h3-12,21H,2,13-18H2,1H3. The monoisotopic (exact) mass is 352 g/mol. The summed E-state index contributed by atoms with van der Waals surface area (Å²) in [7, 11) is 0. The lowest BCUT2D eigenvalue weighted by Crippen LogP contribution is -2.42. The maximum Gasteiger partial charge on any atom is 0.323 e. The van der Waals surface area contributed by atoms with Crippen molar-refractivity contribution in [2.75, 3.05) is 26.2 Å². The SMILES string of the molecule is CCOC(=O)C1CCN(Cc2ccccc2)CCN1Cc1ccccc1. The molecular formula is C22H28N2O2. The first-order chi connectivity index (χ1) is 12.8. The molecule has 0 radical (unpaired) electrons. The Morgan fingerprint density at radius 1 is 0.923 bits per heavy atom. The van der Waals surface area contributed by atoms with Crippen molar-refractivity contribution in [2.24, 2.45) is 0 Å². The van der Waals surface area contributed by atoms with E-state index in [1.807, 2.05) is 31.2 Å². The highest BCUT2D eigenvalue weighted by molar-refractivity contribution is 5.75. The summed E-state index contributed by atoms with van der Waals surface area (Å²) in [4.78, 5) is 17.2. The number of ether oxygens (including phenoxy) is 1. The summed E-state index contributed by atoms with van der Waals surface area (Å²) in [5.41, 5.74) is 2.55. The molecule has 3 rings (SSSR count). The largest absolute Gasteiger partial charge is 0.465 e. The summed E-state index contributed by atoms with van der Waals surface area (Å²) in [6, 6.07) is 20.7. The summed E-state index contributed by atoms with van der Waals surface area (Å²) in [5, 5.41) is 0. The lowest BCUT2D eigenvalue weighted by Gasteiger charge is -2.27. The van der Waals surface area contributed by atoms with Gasteiger partial charge in [0, 0.05) is 32.7 Å². The summed E-state index contributed by atoms with van der Waals surface area (Å²) in [5.74, 6) is -0.0926. The van der Waals surface area contributed by atoms with Crippen molar-refractivity contribution in [3.8, 4) is 0 Å². The molecule has 1 fully saturated rings. The summed E-state index contributed by atoms with van der Waals surface area (Å²) in [6.07, 6.45) is 0.804. The molecule has 0 aromatic heterocycles. The Morgan fingerprint density at radius 2 is 1.54 bits per heavy atom. The molecule has 2 aromatic carbocycles. The lowest BCUT2D eigenvalue weighted by atomic mass is 10.1. The van der Waals surface area contributed by atoms with Crippen LogP contribution < -0.4 is 0 Å². The molecule has 0 spiro atoms. The Bertz CT molecular complexity index is 675. The molecule has 2 aromatic rings. The molecule has 1 unspecified atom stereocenters. The van der Waals surface area contributed by atoms with Gasteiger partial charge in [-0.05, 0) is 24.5 Å². The fraction of sp³-hybridized carbons (Fsp3) is 0.409. The maximum absolute atomic E-state index is 12.5. The molecule has 4 nitrogen and oxygen atoms in total. The van der Waals surface area contributed by atoms with Crippen molar-refractivity contribution in [1.29, 1.82) is 0 Å². The molecular weight excluding hydrogens is 324 g/mol. The lowest BCUT2D eigenvalue weighted by molar-refractivity contribution is -0.149. The van der Waals surface area contributed by atoms with E-state index in [4.69, 9.17) is 4.74 Å². The van der Waals surface area contributed by atoms with Crippen LogP contribution in [-0.2, 0) is 22.6 Å². The van der Waals surface area contributed by atoms with Gasteiger partial charge in [0.1, 0.15) is 6.04 Å². The zero-order valence-corrected chi connectivity index (χ0v) is 15.5. The molecule has 4 heteroatoms. The Morgan fingerprint density at radius 3 is 2.15 bits per heavy atom. The predicted molar refractivity (Wildman–Crippen MR) is 104 cm³/mol. The molecule has 0 bridgehead atoms. The van der Waals surface area contributed by atoms with Crippen LogP contribution in [0.2, 0.25) is 0 Å². The fourth-order valence-electron chi connectivity index (χ4n) is 3.54. The van der Waals surface area contributed by atoms with Crippen molar-refractivity contribution in [1.82, 2.24) is 9.80 Å². The van der Waals surface area contributed by atoms with E-state index in [1.165, 1.54) is 11.1 Å². The number of carbonyl (C=O) groups is 1. The van der Waals surface area contributed by atoms with Gasteiger partial charge in [-0.25, -0.2) is 0 Å². The van der Waals surface area contributed by atoms with Gasteiger partial charge in [0.2, 0.25) is 0 Å². The smallest absolute Gasteiger partial charge is 0.323 e. The molecule has 0 aliphatic carbocycles. The molecule has 26 heavy (non-hydrogen) atoms. The Hall–Kier alpha value is -2.17. The molecule has 1 saturated heterocycles. The minimum atomic E-state index is -0.170. The van der Waals surface area contributed by atoms with Crippen LogP contribution in [0, 0.1) is 0 Å².